The zero-order valence-electron chi connectivity index (χ0n) is 11.1. The Hall–Kier alpha value is -1.75. The number of hydrogen-bond donors (Lipinski definition) is 1. The molecule has 0 saturated carbocycles. The lowest BCUT2D eigenvalue weighted by Gasteiger charge is -2.11. The van der Waals surface area contributed by atoms with Crippen LogP contribution in [0.2, 0.25) is 15.1 Å². The molecule has 0 radical (unpaired) electrons. The zero-order chi connectivity index (χ0) is 16.1. The van der Waals surface area contributed by atoms with Crippen molar-refractivity contribution in [1.29, 1.82) is 0 Å². The van der Waals surface area contributed by atoms with Crippen LogP contribution >= 0.6 is 34.8 Å². The lowest BCUT2D eigenvalue weighted by Crippen LogP contribution is -2.20. The van der Waals surface area contributed by atoms with Gasteiger partial charge in [-0.05, 0) is 36.4 Å². The van der Waals surface area contributed by atoms with E-state index in [0.29, 0.717) is 22.6 Å². The average Bonchev–Trinajstić information content (AvgIpc) is 2.48. The van der Waals surface area contributed by atoms with E-state index in [1.807, 2.05) is 0 Å². The van der Waals surface area contributed by atoms with Crippen molar-refractivity contribution in [2.24, 2.45) is 0 Å². The molecule has 0 saturated heterocycles. The maximum atomic E-state index is 11.8. The number of nitrogens with one attached hydrogen (secondary N) is 1. The van der Waals surface area contributed by atoms with E-state index in [4.69, 9.17) is 39.5 Å². The number of ether oxygens (including phenoxy) is 1. The molecule has 2 aromatic carbocycles. The van der Waals surface area contributed by atoms with E-state index in [1.165, 1.54) is 12.1 Å². The second-order valence-corrected chi connectivity index (χ2v) is 5.53. The van der Waals surface area contributed by atoms with Gasteiger partial charge in [-0.25, -0.2) is 0 Å². The van der Waals surface area contributed by atoms with Crippen LogP contribution in [0.15, 0.2) is 36.4 Å². The maximum Gasteiger partial charge on any atom is 0.262 e. The highest BCUT2D eigenvalue weighted by Crippen LogP contribution is 2.33. The number of benzene rings is 2. The summed E-state index contributed by atoms with van der Waals surface area (Å²) in [6, 6.07) is 9.46. The Morgan fingerprint density at radius 1 is 1.09 bits per heavy atom. The molecule has 0 aliphatic rings. The molecular weight excluding hydrogens is 349 g/mol. The van der Waals surface area contributed by atoms with E-state index in [2.05, 4.69) is 5.32 Å². The molecule has 0 aliphatic heterocycles. The molecule has 7 heteroatoms. The van der Waals surface area contributed by atoms with Gasteiger partial charge in [0.05, 0.1) is 10.0 Å². The van der Waals surface area contributed by atoms with Gasteiger partial charge < -0.3 is 10.1 Å². The molecule has 4 nitrogen and oxygen atoms in total. The number of hydrogen-bond acceptors (Lipinski definition) is 3. The largest absolute Gasteiger partial charge is 0.481 e. The summed E-state index contributed by atoms with van der Waals surface area (Å²) in [6.45, 7) is -0.275. The predicted octanol–water partition coefficient (Wildman–Crippen LogP) is 4.48. The molecule has 0 spiro atoms. The second kappa shape index (κ2) is 7.49. The van der Waals surface area contributed by atoms with Crippen molar-refractivity contribution in [2.45, 2.75) is 0 Å². The summed E-state index contributed by atoms with van der Waals surface area (Å²) >= 11 is 17.7. The summed E-state index contributed by atoms with van der Waals surface area (Å²) < 4.78 is 5.31. The molecule has 0 bridgehead atoms. The van der Waals surface area contributed by atoms with Crippen LogP contribution in [-0.4, -0.2) is 18.8 Å². The van der Waals surface area contributed by atoms with Gasteiger partial charge in [-0.15, -0.1) is 0 Å². The minimum atomic E-state index is -0.381. The van der Waals surface area contributed by atoms with Crippen molar-refractivity contribution >= 4 is 52.7 Å². The van der Waals surface area contributed by atoms with Crippen LogP contribution in [0.25, 0.3) is 0 Å². The molecule has 0 aromatic heterocycles. The van der Waals surface area contributed by atoms with E-state index in [1.54, 1.807) is 24.3 Å². The number of carbonyl (C=O) groups excluding carboxylic acids is 2. The number of rotatable bonds is 5. The van der Waals surface area contributed by atoms with Crippen molar-refractivity contribution < 1.29 is 14.3 Å². The van der Waals surface area contributed by atoms with Gasteiger partial charge in [0.25, 0.3) is 5.91 Å². The molecular formula is C15H10Cl3NO3. The van der Waals surface area contributed by atoms with Gasteiger partial charge in [-0.3, -0.25) is 9.59 Å². The lowest BCUT2D eigenvalue weighted by molar-refractivity contribution is -0.118. The minimum absolute atomic E-state index is 0.153. The summed E-state index contributed by atoms with van der Waals surface area (Å²) in [7, 11) is 0. The molecule has 0 aliphatic carbocycles. The van der Waals surface area contributed by atoms with Crippen LogP contribution < -0.4 is 10.1 Å². The Bertz CT molecular complexity index is 679. The molecule has 0 heterocycles. The number of anilines is 1. The van der Waals surface area contributed by atoms with Crippen molar-refractivity contribution in [3.8, 4) is 5.75 Å². The fourth-order valence-corrected chi connectivity index (χ4v) is 2.39. The molecule has 22 heavy (non-hydrogen) atoms. The van der Waals surface area contributed by atoms with Crippen molar-refractivity contribution in [1.82, 2.24) is 0 Å². The first-order valence-corrected chi connectivity index (χ1v) is 7.25. The Morgan fingerprint density at radius 2 is 1.68 bits per heavy atom. The third kappa shape index (κ3) is 4.37. The Morgan fingerprint density at radius 3 is 2.23 bits per heavy atom. The summed E-state index contributed by atoms with van der Waals surface area (Å²) in [5.41, 5.74) is 0.916. The van der Waals surface area contributed by atoms with Crippen molar-refractivity contribution in [3.05, 3.63) is 57.0 Å². The summed E-state index contributed by atoms with van der Waals surface area (Å²) in [5, 5.41) is 3.53. The fourth-order valence-electron chi connectivity index (χ4n) is 1.65. The van der Waals surface area contributed by atoms with E-state index >= 15 is 0 Å². The van der Waals surface area contributed by atoms with E-state index in [-0.39, 0.29) is 28.3 Å². The average molecular weight is 359 g/mol. The van der Waals surface area contributed by atoms with Crippen molar-refractivity contribution in [2.75, 3.05) is 11.9 Å². The van der Waals surface area contributed by atoms with Crippen LogP contribution in [-0.2, 0) is 4.79 Å². The van der Waals surface area contributed by atoms with Gasteiger partial charge in [-0.2, -0.15) is 0 Å². The van der Waals surface area contributed by atoms with Gasteiger partial charge in [0.2, 0.25) is 0 Å². The number of aldehydes is 1. The van der Waals surface area contributed by atoms with Crippen LogP contribution in [0.5, 0.6) is 5.75 Å². The number of halogens is 3. The van der Waals surface area contributed by atoms with Crippen LogP contribution in [0.1, 0.15) is 10.4 Å². The third-order valence-corrected chi connectivity index (χ3v) is 3.45. The molecule has 0 unspecified atom stereocenters. The monoisotopic (exact) mass is 357 g/mol. The minimum Gasteiger partial charge on any atom is -0.481 e. The summed E-state index contributed by atoms with van der Waals surface area (Å²) in [5.74, 6) is -0.228. The van der Waals surface area contributed by atoms with E-state index in [0.717, 1.165) is 0 Å². The Balaban J connectivity index is 1.99. The molecule has 0 fully saturated rings. The molecule has 114 valence electrons. The highest BCUT2D eigenvalue weighted by atomic mass is 35.5. The first-order chi connectivity index (χ1) is 10.5. The highest BCUT2D eigenvalue weighted by Gasteiger charge is 2.12. The lowest BCUT2D eigenvalue weighted by atomic mass is 10.2. The van der Waals surface area contributed by atoms with E-state index in [9.17, 15) is 9.59 Å². The quantitative estimate of drug-likeness (QED) is 0.802. The predicted molar refractivity (Wildman–Crippen MR) is 87.4 cm³/mol. The first-order valence-electron chi connectivity index (χ1n) is 6.12. The van der Waals surface area contributed by atoms with Gasteiger partial charge in [0, 0.05) is 16.3 Å². The SMILES string of the molecule is O=Cc1cc(Cl)c(OCC(=O)Nc2ccc(Cl)cc2)c(Cl)c1. The molecule has 1 N–H and O–H groups in total. The van der Waals surface area contributed by atoms with E-state index < -0.39 is 0 Å². The number of carbonyl (C=O) groups is 2. The standard InChI is InChI=1S/C15H10Cl3NO3/c16-10-1-3-11(4-2-10)19-14(21)8-22-15-12(17)5-9(7-20)6-13(15)18/h1-7H,8H2,(H,19,21). The molecule has 0 atom stereocenters. The summed E-state index contributed by atoms with van der Waals surface area (Å²) in [6.07, 6.45) is 0.620. The molecule has 2 aromatic rings. The van der Waals surface area contributed by atoms with Crippen molar-refractivity contribution in [3.63, 3.8) is 0 Å². The zero-order valence-corrected chi connectivity index (χ0v) is 13.4. The highest BCUT2D eigenvalue weighted by molar-refractivity contribution is 6.37. The molecule has 2 rings (SSSR count). The summed E-state index contributed by atoms with van der Waals surface area (Å²) in [4.78, 5) is 22.5. The second-order valence-electron chi connectivity index (χ2n) is 4.28. The van der Waals surface area contributed by atoms with Crippen LogP contribution in [0, 0.1) is 0 Å². The maximum absolute atomic E-state index is 11.8. The molecule has 1 amide bonds. The number of amides is 1. The Kier molecular flexibility index (Phi) is 5.66. The van der Waals surface area contributed by atoms with Gasteiger partial charge in [0.15, 0.2) is 12.4 Å². The van der Waals surface area contributed by atoms with Crippen LogP contribution in [0.4, 0.5) is 5.69 Å². The normalized spacial score (nSPS) is 10.1. The van der Waals surface area contributed by atoms with Gasteiger partial charge >= 0.3 is 0 Å². The van der Waals surface area contributed by atoms with Gasteiger partial charge in [0.1, 0.15) is 6.29 Å². The third-order valence-electron chi connectivity index (χ3n) is 2.63. The Labute approximate surface area is 141 Å². The first kappa shape index (κ1) is 16.6. The van der Waals surface area contributed by atoms with Gasteiger partial charge in [-0.1, -0.05) is 34.8 Å². The topological polar surface area (TPSA) is 55.4 Å². The van der Waals surface area contributed by atoms with Crippen LogP contribution in [0.3, 0.4) is 0 Å². The smallest absolute Gasteiger partial charge is 0.262 e. The fraction of sp³-hybridized carbons (Fsp3) is 0.0667.